The third-order valence-electron chi connectivity index (χ3n) is 4.83. The van der Waals surface area contributed by atoms with Crippen molar-refractivity contribution in [3.05, 3.63) is 61.5 Å². The van der Waals surface area contributed by atoms with Crippen molar-refractivity contribution in [3.8, 4) is 5.75 Å². The lowest BCUT2D eigenvalue weighted by molar-refractivity contribution is -0.142. The van der Waals surface area contributed by atoms with Gasteiger partial charge in [0.15, 0.2) is 6.61 Å². The van der Waals surface area contributed by atoms with Crippen LogP contribution in [-0.2, 0) is 16.1 Å². The lowest BCUT2D eigenvalue weighted by Crippen LogP contribution is -2.49. The number of aryl methyl sites for hydroxylation is 2. The molecule has 31 heavy (non-hydrogen) atoms. The molecule has 0 saturated heterocycles. The molecule has 1 unspecified atom stereocenters. The van der Waals surface area contributed by atoms with E-state index in [4.69, 9.17) is 27.9 Å². The molecule has 0 bridgehead atoms. The molecular weight excluding hydrogens is 503 g/mol. The molecule has 8 heteroatoms. The van der Waals surface area contributed by atoms with Crippen LogP contribution in [0.3, 0.4) is 0 Å². The molecule has 0 radical (unpaired) electrons. The molecule has 0 aliphatic heterocycles. The molecule has 2 rings (SSSR count). The van der Waals surface area contributed by atoms with Crippen molar-refractivity contribution in [1.82, 2.24) is 10.2 Å². The molecule has 0 aliphatic rings. The second-order valence-corrected chi connectivity index (χ2v) is 9.00. The van der Waals surface area contributed by atoms with Crippen molar-refractivity contribution in [3.63, 3.8) is 0 Å². The van der Waals surface area contributed by atoms with Gasteiger partial charge in [0.2, 0.25) is 5.91 Å². The van der Waals surface area contributed by atoms with Crippen LogP contribution in [-0.4, -0.2) is 35.9 Å². The van der Waals surface area contributed by atoms with E-state index in [-0.39, 0.29) is 25.0 Å². The minimum absolute atomic E-state index is 0.187. The zero-order valence-corrected chi connectivity index (χ0v) is 21.2. The Morgan fingerprint density at radius 2 is 1.77 bits per heavy atom. The summed E-state index contributed by atoms with van der Waals surface area (Å²) in [5, 5.41) is 3.67. The molecule has 5 nitrogen and oxygen atoms in total. The van der Waals surface area contributed by atoms with Crippen molar-refractivity contribution in [2.75, 3.05) is 13.2 Å². The first-order chi connectivity index (χ1) is 14.6. The van der Waals surface area contributed by atoms with Gasteiger partial charge in [-0.15, -0.1) is 0 Å². The summed E-state index contributed by atoms with van der Waals surface area (Å²) in [6.45, 7) is 8.16. The van der Waals surface area contributed by atoms with Gasteiger partial charge >= 0.3 is 0 Å². The molecule has 1 N–H and O–H groups in total. The highest BCUT2D eigenvalue weighted by molar-refractivity contribution is 9.10. The lowest BCUT2D eigenvalue weighted by atomic mass is 10.1. The molecular formula is C23H27BrCl2N2O3. The van der Waals surface area contributed by atoms with Crippen molar-refractivity contribution >= 4 is 50.9 Å². The smallest absolute Gasteiger partial charge is 0.261 e. The predicted molar refractivity (Wildman–Crippen MR) is 129 cm³/mol. The first-order valence-corrected chi connectivity index (χ1v) is 11.6. The first kappa shape index (κ1) is 25.5. The van der Waals surface area contributed by atoms with Crippen LogP contribution in [0, 0.1) is 13.8 Å². The van der Waals surface area contributed by atoms with Crippen molar-refractivity contribution in [2.45, 2.75) is 46.7 Å². The van der Waals surface area contributed by atoms with Crippen LogP contribution < -0.4 is 10.1 Å². The number of amides is 2. The zero-order valence-electron chi connectivity index (χ0n) is 18.1. The van der Waals surface area contributed by atoms with Gasteiger partial charge < -0.3 is 15.0 Å². The van der Waals surface area contributed by atoms with Crippen LogP contribution in [0.5, 0.6) is 5.75 Å². The SMILES string of the molecule is CCCNC(=O)C(C)N(Cc1ccc(Cl)c(Cl)c1)C(=O)COc1cc(C)c(Br)c(C)c1. The van der Waals surface area contributed by atoms with Crippen LogP contribution in [0.2, 0.25) is 10.0 Å². The third-order valence-corrected chi connectivity index (χ3v) is 6.82. The van der Waals surface area contributed by atoms with E-state index in [0.717, 1.165) is 27.6 Å². The van der Waals surface area contributed by atoms with Gasteiger partial charge in [0, 0.05) is 17.6 Å². The van der Waals surface area contributed by atoms with E-state index in [9.17, 15) is 9.59 Å². The van der Waals surface area contributed by atoms with E-state index in [1.54, 1.807) is 25.1 Å². The van der Waals surface area contributed by atoms with Gasteiger partial charge in [-0.3, -0.25) is 9.59 Å². The molecule has 2 aromatic carbocycles. The molecule has 0 heterocycles. The maximum Gasteiger partial charge on any atom is 0.261 e. The Morgan fingerprint density at radius 1 is 1.13 bits per heavy atom. The Kier molecular flexibility index (Phi) is 9.66. The minimum atomic E-state index is -0.675. The maximum atomic E-state index is 13.1. The Hall–Kier alpha value is -1.76. The van der Waals surface area contributed by atoms with Crippen LogP contribution in [0.15, 0.2) is 34.8 Å². The van der Waals surface area contributed by atoms with E-state index in [0.29, 0.717) is 22.3 Å². The molecule has 0 fully saturated rings. The number of nitrogens with one attached hydrogen (secondary N) is 1. The summed E-state index contributed by atoms with van der Waals surface area (Å²) in [5.41, 5.74) is 2.80. The quantitative estimate of drug-likeness (QED) is 0.453. The van der Waals surface area contributed by atoms with Gasteiger partial charge in [0.25, 0.3) is 5.91 Å². The van der Waals surface area contributed by atoms with E-state index in [1.807, 2.05) is 32.9 Å². The minimum Gasteiger partial charge on any atom is -0.484 e. The number of carbonyl (C=O) groups is 2. The number of benzene rings is 2. The van der Waals surface area contributed by atoms with Crippen LogP contribution in [0.25, 0.3) is 0 Å². The number of carbonyl (C=O) groups excluding carboxylic acids is 2. The number of hydrogen-bond acceptors (Lipinski definition) is 3. The molecule has 1 atom stereocenters. The number of halogens is 3. The standard InChI is InChI=1S/C23H27BrCl2N2O3/c1-5-8-27-23(30)16(4)28(12-17-6-7-19(25)20(26)11-17)21(29)13-31-18-9-14(2)22(24)15(3)10-18/h6-7,9-11,16H,5,8,12-13H2,1-4H3,(H,27,30). The monoisotopic (exact) mass is 528 g/mol. The molecule has 2 amide bonds. The molecule has 168 valence electrons. The maximum absolute atomic E-state index is 13.1. The second kappa shape index (κ2) is 11.7. The molecule has 0 spiro atoms. The van der Waals surface area contributed by atoms with Gasteiger partial charge in [-0.05, 0) is 68.1 Å². The third kappa shape index (κ3) is 7.13. The number of ether oxygens (including phenoxy) is 1. The summed E-state index contributed by atoms with van der Waals surface area (Å²) in [4.78, 5) is 27.1. The van der Waals surface area contributed by atoms with Crippen molar-refractivity contribution in [2.24, 2.45) is 0 Å². The van der Waals surface area contributed by atoms with Crippen molar-refractivity contribution in [1.29, 1.82) is 0 Å². The summed E-state index contributed by atoms with van der Waals surface area (Å²) >= 11 is 15.7. The largest absolute Gasteiger partial charge is 0.484 e. The fourth-order valence-corrected chi connectivity index (χ4v) is 3.58. The Labute approximate surface area is 202 Å². The van der Waals surface area contributed by atoms with Crippen LogP contribution in [0.1, 0.15) is 37.0 Å². The highest BCUT2D eigenvalue weighted by Crippen LogP contribution is 2.27. The fourth-order valence-electron chi connectivity index (χ4n) is 3.03. The fraction of sp³-hybridized carbons (Fsp3) is 0.391. The highest BCUT2D eigenvalue weighted by atomic mass is 79.9. The van der Waals surface area contributed by atoms with Gasteiger partial charge in [-0.1, -0.05) is 52.1 Å². The normalized spacial score (nSPS) is 11.7. The summed E-state index contributed by atoms with van der Waals surface area (Å²) in [6.07, 6.45) is 0.810. The summed E-state index contributed by atoms with van der Waals surface area (Å²) < 4.78 is 6.77. The lowest BCUT2D eigenvalue weighted by Gasteiger charge is -2.29. The second-order valence-electron chi connectivity index (χ2n) is 7.40. The average Bonchev–Trinajstić information content (AvgIpc) is 2.74. The van der Waals surface area contributed by atoms with Gasteiger partial charge in [-0.2, -0.15) is 0 Å². The Morgan fingerprint density at radius 3 is 2.35 bits per heavy atom. The Balaban J connectivity index is 2.20. The molecule has 0 saturated carbocycles. The molecule has 0 aromatic heterocycles. The predicted octanol–water partition coefficient (Wildman–Crippen LogP) is 5.70. The highest BCUT2D eigenvalue weighted by Gasteiger charge is 2.26. The number of rotatable bonds is 9. The Bertz CT molecular complexity index is 929. The summed E-state index contributed by atoms with van der Waals surface area (Å²) in [7, 11) is 0. The van der Waals surface area contributed by atoms with Gasteiger partial charge in [-0.25, -0.2) is 0 Å². The van der Waals surface area contributed by atoms with E-state index < -0.39 is 6.04 Å². The van der Waals surface area contributed by atoms with Crippen LogP contribution >= 0.6 is 39.1 Å². The van der Waals surface area contributed by atoms with Crippen LogP contribution in [0.4, 0.5) is 0 Å². The van der Waals surface area contributed by atoms with E-state index in [1.165, 1.54) is 4.90 Å². The van der Waals surface area contributed by atoms with Gasteiger partial charge in [0.1, 0.15) is 11.8 Å². The summed E-state index contributed by atoms with van der Waals surface area (Å²) in [6, 6.07) is 8.21. The summed E-state index contributed by atoms with van der Waals surface area (Å²) in [5.74, 6) is 0.0816. The van der Waals surface area contributed by atoms with Gasteiger partial charge in [0.05, 0.1) is 10.0 Å². The topological polar surface area (TPSA) is 58.6 Å². The number of hydrogen-bond donors (Lipinski definition) is 1. The molecule has 2 aromatic rings. The first-order valence-electron chi connectivity index (χ1n) is 10.0. The van der Waals surface area contributed by atoms with Crippen molar-refractivity contribution < 1.29 is 14.3 Å². The zero-order chi connectivity index (χ0) is 23.1. The average molecular weight is 530 g/mol. The number of nitrogens with zero attached hydrogens (tertiary/aromatic N) is 1. The van der Waals surface area contributed by atoms with E-state index >= 15 is 0 Å². The van der Waals surface area contributed by atoms with E-state index in [2.05, 4.69) is 21.2 Å². The molecule has 0 aliphatic carbocycles.